The molecule has 0 saturated heterocycles. The van der Waals surface area contributed by atoms with Crippen molar-refractivity contribution in [2.24, 2.45) is 4.99 Å². The van der Waals surface area contributed by atoms with Crippen molar-refractivity contribution in [1.82, 2.24) is 5.32 Å². The molecule has 6 heteroatoms. The van der Waals surface area contributed by atoms with E-state index >= 15 is 0 Å². The molecule has 3 aromatic carbocycles. The minimum absolute atomic E-state index is 0.198. The summed E-state index contributed by atoms with van der Waals surface area (Å²) in [6.07, 6.45) is 0.0140. The molecule has 1 heterocycles. The predicted molar refractivity (Wildman–Crippen MR) is 121 cm³/mol. The quantitative estimate of drug-likeness (QED) is 0.411. The normalized spacial score (nSPS) is 19.1. The zero-order chi connectivity index (χ0) is 20.5. The molecule has 0 radical (unpaired) electrons. The first kappa shape index (κ1) is 20.3. The van der Waals surface area contributed by atoms with Crippen LogP contribution in [0.25, 0.3) is 0 Å². The number of phenols is 1. The Morgan fingerprint density at radius 3 is 2.34 bits per heavy atom. The molecule has 0 aliphatic carbocycles. The molecule has 0 amide bonds. The Kier molecular flexibility index (Phi) is 5.86. The van der Waals surface area contributed by atoms with Gasteiger partial charge in [-0.2, -0.15) is 0 Å². The summed E-state index contributed by atoms with van der Waals surface area (Å²) in [6.45, 7) is 2.04. The fourth-order valence-electron chi connectivity index (χ4n) is 3.51. The number of nitrogens with one attached hydrogen (secondary N) is 1. The highest BCUT2D eigenvalue weighted by atomic mass is 79.9. The number of benzene rings is 3. The number of hydrogen-bond donors (Lipinski definition) is 2. The lowest BCUT2D eigenvalue weighted by atomic mass is 9.93. The molecule has 0 saturated carbocycles. The number of aryl methyl sites for hydroxylation is 1. The van der Waals surface area contributed by atoms with E-state index in [-0.39, 0.29) is 17.6 Å². The Morgan fingerprint density at radius 2 is 1.62 bits per heavy atom. The first-order chi connectivity index (χ1) is 13.9. The van der Waals surface area contributed by atoms with Crippen LogP contribution < -0.4 is 5.32 Å². The molecule has 1 aliphatic heterocycles. The van der Waals surface area contributed by atoms with Crippen LogP contribution in [0.4, 0.5) is 4.39 Å². The summed E-state index contributed by atoms with van der Waals surface area (Å²) in [6, 6.07) is 18.1. The van der Waals surface area contributed by atoms with Crippen LogP contribution in [0, 0.1) is 12.7 Å². The van der Waals surface area contributed by atoms with Crippen molar-refractivity contribution in [1.29, 1.82) is 0 Å². The van der Waals surface area contributed by atoms with E-state index < -0.39 is 6.17 Å². The van der Waals surface area contributed by atoms with Crippen molar-refractivity contribution in [3.63, 3.8) is 0 Å². The highest BCUT2D eigenvalue weighted by Gasteiger charge is 2.29. The van der Waals surface area contributed by atoms with Gasteiger partial charge < -0.3 is 5.11 Å². The molecule has 148 valence electrons. The van der Waals surface area contributed by atoms with Gasteiger partial charge in [0, 0.05) is 38.2 Å². The number of halogens is 3. The fourth-order valence-corrected chi connectivity index (χ4v) is 4.27. The lowest BCUT2D eigenvalue weighted by molar-refractivity contribution is 0.405. The zero-order valence-electron chi connectivity index (χ0n) is 15.7. The third-order valence-corrected chi connectivity index (χ3v) is 6.03. The Labute approximate surface area is 186 Å². The largest absolute Gasteiger partial charge is 0.508 e. The monoisotopic (exact) mass is 516 g/mol. The number of aliphatic imine (C=N–C) groups is 1. The third kappa shape index (κ3) is 4.44. The molecule has 4 rings (SSSR count). The summed E-state index contributed by atoms with van der Waals surface area (Å²) in [7, 11) is 0. The van der Waals surface area contributed by atoms with Gasteiger partial charge in [0.05, 0.1) is 0 Å². The Balaban J connectivity index is 1.80. The summed E-state index contributed by atoms with van der Waals surface area (Å²) < 4.78 is 16.3. The zero-order valence-corrected chi connectivity index (χ0v) is 18.8. The van der Waals surface area contributed by atoms with Crippen molar-refractivity contribution >= 4 is 37.6 Å². The lowest BCUT2D eigenvalue weighted by Crippen LogP contribution is -2.33. The predicted octanol–water partition coefficient (Wildman–Crippen LogP) is 6.59. The van der Waals surface area contributed by atoms with Crippen molar-refractivity contribution in [2.45, 2.75) is 25.6 Å². The Hall–Kier alpha value is -2.02. The van der Waals surface area contributed by atoms with Gasteiger partial charge in [0.2, 0.25) is 0 Å². The van der Waals surface area contributed by atoms with Crippen LogP contribution in [0.2, 0.25) is 0 Å². The van der Waals surface area contributed by atoms with Crippen LogP contribution in [0.3, 0.4) is 0 Å². The van der Waals surface area contributed by atoms with Crippen molar-refractivity contribution in [3.05, 3.63) is 97.7 Å². The Bertz CT molecular complexity index is 1080. The van der Waals surface area contributed by atoms with Gasteiger partial charge in [0.1, 0.15) is 17.7 Å². The van der Waals surface area contributed by atoms with Crippen molar-refractivity contribution in [2.75, 3.05) is 0 Å². The maximum absolute atomic E-state index is 14.6. The van der Waals surface area contributed by atoms with E-state index in [9.17, 15) is 9.50 Å². The first-order valence-electron chi connectivity index (χ1n) is 9.24. The fraction of sp³-hybridized carbons (Fsp3) is 0.174. The molecule has 0 fully saturated rings. The molecule has 29 heavy (non-hydrogen) atoms. The average Bonchev–Trinajstić information content (AvgIpc) is 2.72. The van der Waals surface area contributed by atoms with Crippen LogP contribution in [-0.4, -0.2) is 10.8 Å². The van der Waals surface area contributed by atoms with E-state index in [2.05, 4.69) is 37.2 Å². The van der Waals surface area contributed by atoms with E-state index in [0.29, 0.717) is 12.0 Å². The number of aromatic hydroxyl groups is 1. The smallest absolute Gasteiger partial charge is 0.129 e. The second-order valence-corrected chi connectivity index (χ2v) is 8.97. The van der Waals surface area contributed by atoms with E-state index in [1.54, 1.807) is 24.3 Å². The van der Waals surface area contributed by atoms with Crippen LogP contribution >= 0.6 is 31.9 Å². The van der Waals surface area contributed by atoms with Crippen LogP contribution in [0.15, 0.2) is 74.6 Å². The van der Waals surface area contributed by atoms with E-state index in [1.807, 2.05) is 37.3 Å². The van der Waals surface area contributed by atoms with Gasteiger partial charge in [-0.1, -0.05) is 61.7 Å². The summed E-state index contributed by atoms with van der Waals surface area (Å²) in [5, 5.41) is 13.9. The van der Waals surface area contributed by atoms with E-state index in [4.69, 9.17) is 4.99 Å². The molecule has 0 aromatic heterocycles. The summed E-state index contributed by atoms with van der Waals surface area (Å²) in [4.78, 5) is 4.83. The topological polar surface area (TPSA) is 44.6 Å². The molecule has 2 atom stereocenters. The summed E-state index contributed by atoms with van der Waals surface area (Å²) in [5.74, 6) is -0.124. The molecule has 0 bridgehead atoms. The molecule has 1 aliphatic rings. The average molecular weight is 518 g/mol. The van der Waals surface area contributed by atoms with Crippen LogP contribution in [-0.2, 0) is 0 Å². The maximum Gasteiger partial charge on any atom is 0.129 e. The van der Waals surface area contributed by atoms with Gasteiger partial charge >= 0.3 is 0 Å². The minimum atomic E-state index is -0.569. The second-order valence-electron chi connectivity index (χ2n) is 7.14. The summed E-state index contributed by atoms with van der Waals surface area (Å²) in [5.41, 5.74) is 4.25. The molecule has 2 unspecified atom stereocenters. The van der Waals surface area contributed by atoms with Gasteiger partial charge in [-0.05, 0) is 48.9 Å². The van der Waals surface area contributed by atoms with Crippen molar-refractivity contribution in [3.8, 4) is 5.75 Å². The highest BCUT2D eigenvalue weighted by Crippen LogP contribution is 2.36. The molecule has 3 nitrogen and oxygen atoms in total. The van der Waals surface area contributed by atoms with Crippen LogP contribution in [0.1, 0.15) is 40.9 Å². The molecular formula is C23H19Br2FN2O. The first-order valence-corrected chi connectivity index (χ1v) is 10.8. The maximum atomic E-state index is 14.6. The standard InChI is InChI=1S/C23H19Br2FN2O/c1-13-2-4-14(5-3-13)20-12-21(18-11-16(25)7-9-22(18)29)28-23(27-20)17-10-15(24)6-8-19(17)26/h2-11,21,23,28-29H,12H2,1H3. The molecule has 2 N–H and O–H groups in total. The summed E-state index contributed by atoms with van der Waals surface area (Å²) >= 11 is 6.90. The van der Waals surface area contributed by atoms with Crippen molar-refractivity contribution < 1.29 is 9.50 Å². The molecule has 0 spiro atoms. The SMILES string of the molecule is Cc1ccc(C2=NC(c3cc(Br)ccc3F)NC(c3cc(Br)ccc3O)C2)cc1. The Morgan fingerprint density at radius 1 is 0.966 bits per heavy atom. The van der Waals surface area contributed by atoms with E-state index in [1.165, 1.54) is 11.6 Å². The third-order valence-electron chi connectivity index (χ3n) is 5.04. The number of rotatable bonds is 3. The minimum Gasteiger partial charge on any atom is -0.508 e. The number of hydrogen-bond acceptors (Lipinski definition) is 3. The number of phenolic OH excluding ortho intramolecular Hbond substituents is 1. The van der Waals surface area contributed by atoms with Gasteiger partial charge in [0.25, 0.3) is 0 Å². The van der Waals surface area contributed by atoms with Gasteiger partial charge in [0.15, 0.2) is 0 Å². The van der Waals surface area contributed by atoms with Gasteiger partial charge in [-0.25, -0.2) is 4.39 Å². The molecule has 3 aromatic rings. The van der Waals surface area contributed by atoms with E-state index in [0.717, 1.165) is 25.8 Å². The highest BCUT2D eigenvalue weighted by molar-refractivity contribution is 9.10. The van der Waals surface area contributed by atoms with Crippen LogP contribution in [0.5, 0.6) is 5.75 Å². The lowest BCUT2D eigenvalue weighted by Gasteiger charge is -2.31. The van der Waals surface area contributed by atoms with Gasteiger partial charge in [-0.15, -0.1) is 0 Å². The number of nitrogens with zero attached hydrogens (tertiary/aromatic N) is 1. The van der Waals surface area contributed by atoms with Gasteiger partial charge in [-0.3, -0.25) is 10.3 Å². The second kappa shape index (κ2) is 8.38. The molecular weight excluding hydrogens is 499 g/mol.